The number of aromatic amines is 1. The van der Waals surface area contributed by atoms with Gasteiger partial charge in [0.1, 0.15) is 53.1 Å². The summed E-state index contributed by atoms with van der Waals surface area (Å²) in [5.74, 6) is -13.1. The molecule has 482 valence electrons. The zero-order chi connectivity index (χ0) is 65.1. The molecular weight excluding hydrogens is 1170 g/mol. The van der Waals surface area contributed by atoms with Crippen molar-refractivity contribution in [2.45, 2.75) is 166 Å². The first-order valence-corrected chi connectivity index (χ1v) is 30.5. The van der Waals surface area contributed by atoms with Crippen molar-refractivity contribution in [1.82, 2.24) is 63.1 Å². The maximum absolute atomic E-state index is 15.0. The highest BCUT2D eigenvalue weighted by molar-refractivity contribution is 7.85. The molecule has 30 heteroatoms. The van der Waals surface area contributed by atoms with Crippen molar-refractivity contribution in [1.29, 1.82) is 0 Å². The van der Waals surface area contributed by atoms with E-state index in [1.807, 2.05) is 34.6 Å². The zero-order valence-electron chi connectivity index (χ0n) is 50.7. The summed E-state index contributed by atoms with van der Waals surface area (Å²) >= 11 is 0. The number of nitrogens with one attached hydrogen (secondary N) is 12. The van der Waals surface area contributed by atoms with Crippen LogP contribution in [0.25, 0.3) is 10.9 Å². The van der Waals surface area contributed by atoms with Crippen LogP contribution in [0.1, 0.15) is 92.7 Å². The third-order valence-electron chi connectivity index (χ3n) is 15.5. The van der Waals surface area contributed by atoms with Gasteiger partial charge < -0.3 is 88.8 Å². The SMILES string of the molecule is CC[C@H](C)[C@@H]1NC(=O)CNC(=O)[C@@H]2Cc3c([nH]c4cc(O)ccc34)S(=O)C[C@H](NC(=O)CNC1=O)C(=O)N[C@@H](CC(=O)NCc1ccc(NC(=O)[C@H](C)NC(=O)[C@@H](NC(C)(C)C)C(C)C)cc1)C(=O)N1C[C@H](O)C[C@H]1C(=O)N[C@@H]([C@@H](C)[C@@H](O)CO)C(=O)N2. The van der Waals surface area contributed by atoms with Crippen LogP contribution in [0.15, 0.2) is 47.5 Å². The molecule has 1 aromatic heterocycles. The lowest BCUT2D eigenvalue weighted by Crippen LogP contribution is -2.62. The molecular formula is C58H83N13O16S. The number of carbonyl (C=O) groups is 11. The van der Waals surface area contributed by atoms with Crippen molar-refractivity contribution in [3.05, 3.63) is 53.6 Å². The van der Waals surface area contributed by atoms with E-state index < -0.39 is 194 Å². The van der Waals surface area contributed by atoms with Crippen molar-refractivity contribution < 1.29 is 77.4 Å². The summed E-state index contributed by atoms with van der Waals surface area (Å²) < 4.78 is 15.0. The second kappa shape index (κ2) is 30.2. The molecule has 88 heavy (non-hydrogen) atoms. The number of anilines is 1. The standard InChI is InChI=1S/C58H83N13O16S/c1-10-28(4)47-53(83)61-22-44(77)64-40-26-88(87)56-36(35-16-15-33(73)17-37(35)67-56)19-38(50(80)60-23-45(78)68-47)65-55(85)48(29(5)42(75)25-72)69-52(82)41-18-34(74)24-71(41)57(86)39(66-51(40)81)20-43(76)59-21-31-11-13-32(14-12-31)63-49(79)30(6)62-54(84)46(27(2)3)70-58(7,8)9/h11-17,27-30,34,38-42,46-48,67,70,72-75H,10,18-26H2,1-9H3,(H,59,76)(H,60,80)(H,61,83)(H,62,84)(H,63,79)(H,64,77)(H,65,85)(H,66,81)(H,68,78)(H,69,82)/t28-,29-,30-,34+,38-,39-,40-,41-,42-,46-,47-,48-,88?/m0/s1. The number of carbonyl (C=O) groups excluding carboxylic acids is 11. The molecule has 0 aliphatic carbocycles. The highest BCUT2D eigenvalue weighted by atomic mass is 32.2. The van der Waals surface area contributed by atoms with Crippen LogP contribution >= 0.6 is 0 Å². The van der Waals surface area contributed by atoms with Gasteiger partial charge in [-0.05, 0) is 74.9 Å². The number of aliphatic hydroxyl groups excluding tert-OH is 3. The van der Waals surface area contributed by atoms with Crippen molar-refractivity contribution in [3.63, 3.8) is 0 Å². The number of aromatic nitrogens is 1. The van der Waals surface area contributed by atoms with Gasteiger partial charge in [0, 0.05) is 54.5 Å². The maximum Gasteiger partial charge on any atom is 0.246 e. The number of fused-ring (bicyclic) bond motifs is 5. The number of amides is 11. The quantitative estimate of drug-likeness (QED) is 0.0711. The van der Waals surface area contributed by atoms with Gasteiger partial charge in [0.15, 0.2) is 0 Å². The summed E-state index contributed by atoms with van der Waals surface area (Å²) in [6, 6.07) is -1.62. The topological polar surface area (TPSA) is 437 Å². The Kier molecular flexibility index (Phi) is 23.7. The first kappa shape index (κ1) is 69.0. The Morgan fingerprint density at radius 1 is 0.784 bits per heavy atom. The van der Waals surface area contributed by atoms with E-state index in [2.05, 4.69) is 63.5 Å². The van der Waals surface area contributed by atoms with Gasteiger partial charge in [-0.3, -0.25) is 56.9 Å². The maximum atomic E-state index is 15.0. The first-order chi connectivity index (χ1) is 41.4. The van der Waals surface area contributed by atoms with Crippen LogP contribution in [0.4, 0.5) is 5.69 Å². The van der Waals surface area contributed by atoms with Gasteiger partial charge in [0.25, 0.3) is 0 Å². The molecule has 3 aromatic rings. The van der Waals surface area contributed by atoms with E-state index in [1.165, 1.54) is 32.0 Å². The fourth-order valence-electron chi connectivity index (χ4n) is 10.3. The molecule has 6 rings (SSSR count). The Labute approximate surface area is 511 Å². The van der Waals surface area contributed by atoms with Gasteiger partial charge >= 0.3 is 0 Å². The van der Waals surface area contributed by atoms with E-state index in [1.54, 1.807) is 38.1 Å². The summed E-state index contributed by atoms with van der Waals surface area (Å²) in [6.07, 6.45) is -4.65. The Morgan fingerprint density at radius 3 is 2.08 bits per heavy atom. The van der Waals surface area contributed by atoms with E-state index in [0.29, 0.717) is 17.7 Å². The molecule has 0 saturated carbocycles. The van der Waals surface area contributed by atoms with Crippen LogP contribution in [-0.2, 0) is 76.5 Å². The van der Waals surface area contributed by atoms with Gasteiger partial charge in [-0.15, -0.1) is 0 Å². The van der Waals surface area contributed by atoms with Crippen LogP contribution in [0, 0.1) is 17.8 Å². The largest absolute Gasteiger partial charge is 0.508 e. The number of benzene rings is 2. The Balaban J connectivity index is 1.37. The van der Waals surface area contributed by atoms with Crippen molar-refractivity contribution in [2.75, 3.05) is 37.3 Å². The third kappa shape index (κ3) is 18.3. The molecule has 0 spiro atoms. The highest BCUT2D eigenvalue weighted by Crippen LogP contribution is 2.30. The number of hydrogen-bond donors (Lipinski definition) is 16. The molecule has 1 fully saturated rings. The van der Waals surface area contributed by atoms with E-state index in [0.717, 1.165) is 4.90 Å². The number of aliphatic hydroxyl groups is 3. The molecule has 16 N–H and O–H groups in total. The number of rotatable bonds is 15. The molecule has 0 radical (unpaired) electrons. The van der Waals surface area contributed by atoms with Gasteiger partial charge in [0.2, 0.25) is 65.0 Å². The predicted molar refractivity (Wildman–Crippen MR) is 319 cm³/mol. The summed E-state index contributed by atoms with van der Waals surface area (Å²) in [5.41, 5.74) is 0.663. The zero-order valence-corrected chi connectivity index (χ0v) is 51.5. The fraction of sp³-hybridized carbons (Fsp3) is 0.569. The Hall–Kier alpha value is -8.06. The lowest BCUT2D eigenvalue weighted by molar-refractivity contribution is -0.144. The number of aromatic hydroxyl groups is 1. The normalized spacial score (nSPS) is 24.8. The highest BCUT2D eigenvalue weighted by Gasteiger charge is 2.45. The minimum Gasteiger partial charge on any atom is -0.508 e. The number of nitrogens with zero attached hydrogens (tertiary/aromatic N) is 1. The fourth-order valence-corrected chi connectivity index (χ4v) is 11.7. The Bertz CT molecular complexity index is 3130. The molecule has 2 aromatic carbocycles. The molecule has 3 aliphatic rings. The molecule has 3 aliphatic heterocycles. The minimum absolute atomic E-state index is 0.0543. The van der Waals surface area contributed by atoms with Crippen LogP contribution in [-0.4, -0.2) is 198 Å². The molecule has 4 heterocycles. The van der Waals surface area contributed by atoms with E-state index >= 15 is 0 Å². The van der Waals surface area contributed by atoms with E-state index in [9.17, 15) is 77.4 Å². The molecule has 11 amide bonds. The van der Waals surface area contributed by atoms with Gasteiger partial charge in [-0.2, -0.15) is 0 Å². The van der Waals surface area contributed by atoms with E-state index in [4.69, 9.17) is 0 Å². The third-order valence-corrected chi connectivity index (χ3v) is 17.0. The smallest absolute Gasteiger partial charge is 0.246 e. The van der Waals surface area contributed by atoms with Crippen molar-refractivity contribution in [3.8, 4) is 5.75 Å². The van der Waals surface area contributed by atoms with Gasteiger partial charge in [0.05, 0.1) is 66.4 Å². The average molecular weight is 1250 g/mol. The average Bonchev–Trinajstić information content (AvgIpc) is 2.29. The van der Waals surface area contributed by atoms with Crippen molar-refractivity contribution >= 4 is 92.4 Å². The van der Waals surface area contributed by atoms with Crippen LogP contribution < -0.4 is 58.5 Å². The number of phenols is 1. The summed E-state index contributed by atoms with van der Waals surface area (Å²) in [7, 11) is -2.45. The molecule has 13 atom stereocenters. The predicted octanol–water partition coefficient (Wildman–Crippen LogP) is -3.23. The number of phenolic OH excluding ortho intramolecular Hbond substituents is 1. The number of H-pyrrole nitrogens is 1. The molecule has 29 nitrogen and oxygen atoms in total. The minimum atomic E-state index is -2.45. The lowest BCUT2D eigenvalue weighted by atomic mass is 9.93. The summed E-state index contributed by atoms with van der Waals surface area (Å²) in [6.45, 7) is 12.5. The van der Waals surface area contributed by atoms with Crippen LogP contribution in [0.5, 0.6) is 5.75 Å². The summed E-state index contributed by atoms with van der Waals surface area (Å²) in [4.78, 5) is 159. The lowest BCUT2D eigenvalue weighted by Gasteiger charge is -2.33. The number of hydrogen-bond acceptors (Lipinski definition) is 17. The van der Waals surface area contributed by atoms with Gasteiger partial charge in [-0.1, -0.05) is 53.2 Å². The second-order valence-electron chi connectivity index (χ2n) is 24.0. The van der Waals surface area contributed by atoms with Crippen LogP contribution in [0.2, 0.25) is 0 Å². The molecule has 1 unspecified atom stereocenters. The van der Waals surface area contributed by atoms with Gasteiger partial charge in [-0.25, -0.2) is 0 Å². The second-order valence-corrected chi connectivity index (χ2v) is 25.4. The summed E-state index contributed by atoms with van der Waals surface area (Å²) in [5, 5.41) is 71.5. The molecule has 2 bridgehead atoms. The first-order valence-electron chi connectivity index (χ1n) is 29.2. The van der Waals surface area contributed by atoms with Crippen LogP contribution in [0.3, 0.4) is 0 Å². The monoisotopic (exact) mass is 1250 g/mol. The van der Waals surface area contributed by atoms with E-state index in [-0.39, 0.29) is 51.2 Å². The van der Waals surface area contributed by atoms with Crippen molar-refractivity contribution in [2.24, 2.45) is 17.8 Å². The Morgan fingerprint density at radius 2 is 1.44 bits per heavy atom. The molecule has 1 saturated heterocycles.